The van der Waals surface area contributed by atoms with E-state index in [0.717, 1.165) is 45.6 Å². The number of aryl methyl sites for hydroxylation is 4. The summed E-state index contributed by atoms with van der Waals surface area (Å²) in [6.07, 6.45) is 0. The standard InChI is InChI=1S/C59H54O5/c1-39-33-40(2)36-55(35-39)63-53-29-17-47(18-30-53)58(5,6)45-13-25-51(26-14-45)61-49-21-9-43(10-22-49)57(60)44-11-23-50(24-12-44)62-52-27-15-46(16-28-52)59(7,8)48-19-31-54(32-20-48)64-56-37-41(3)34-42(4)38-56/h9-38H,1-8H3. The van der Waals surface area contributed by atoms with Crippen LogP contribution in [0, 0.1) is 27.7 Å². The molecule has 0 aliphatic rings. The molecule has 5 heteroatoms. The molecular weight excluding hydrogens is 789 g/mol. The van der Waals surface area contributed by atoms with Crippen LogP contribution in [-0.2, 0) is 10.8 Å². The van der Waals surface area contributed by atoms with E-state index in [2.05, 4.69) is 116 Å². The fraction of sp³-hybridized carbons (Fsp3) is 0.169. The largest absolute Gasteiger partial charge is 0.457 e. The highest BCUT2D eigenvalue weighted by Gasteiger charge is 2.25. The normalized spacial score (nSPS) is 11.5. The SMILES string of the molecule is Cc1cc(C)cc(Oc2ccc(C(C)(C)c3ccc(Oc4ccc(C(=O)c5ccc(Oc6ccc(C(C)(C)c7ccc(Oc8cc(C)cc(C)c8)cc7)cc6)cc5)cc4)cc3)cc2)c1. The van der Waals surface area contributed by atoms with Crippen molar-refractivity contribution >= 4 is 5.78 Å². The Bertz CT molecular complexity index is 2630. The van der Waals surface area contributed by atoms with Gasteiger partial charge in [-0.2, -0.15) is 0 Å². The third-order valence-electron chi connectivity index (χ3n) is 11.9. The Morgan fingerprint density at radius 2 is 0.500 bits per heavy atom. The molecular formula is C59H54O5. The first-order valence-corrected chi connectivity index (χ1v) is 21.7. The first-order valence-electron chi connectivity index (χ1n) is 21.7. The van der Waals surface area contributed by atoms with Crippen LogP contribution in [0.2, 0.25) is 0 Å². The Kier molecular flexibility index (Phi) is 12.3. The summed E-state index contributed by atoms with van der Waals surface area (Å²) < 4.78 is 24.6. The van der Waals surface area contributed by atoms with Crippen molar-refractivity contribution in [3.63, 3.8) is 0 Å². The number of ketones is 1. The predicted octanol–water partition coefficient (Wildman–Crippen LogP) is 16.0. The Labute approximate surface area is 377 Å². The highest BCUT2D eigenvalue weighted by molar-refractivity contribution is 6.09. The van der Waals surface area contributed by atoms with E-state index in [1.165, 1.54) is 33.4 Å². The van der Waals surface area contributed by atoms with Crippen molar-refractivity contribution in [3.8, 4) is 46.0 Å². The fourth-order valence-corrected chi connectivity index (χ4v) is 8.14. The molecule has 8 rings (SSSR count). The fourth-order valence-electron chi connectivity index (χ4n) is 8.14. The average molecular weight is 843 g/mol. The summed E-state index contributed by atoms with van der Waals surface area (Å²) >= 11 is 0. The number of ether oxygens (including phenoxy) is 4. The minimum absolute atomic E-state index is 0.0778. The van der Waals surface area contributed by atoms with Crippen molar-refractivity contribution in [1.82, 2.24) is 0 Å². The molecule has 0 radical (unpaired) electrons. The van der Waals surface area contributed by atoms with Crippen LogP contribution in [0.15, 0.2) is 182 Å². The quantitative estimate of drug-likeness (QED) is 0.102. The van der Waals surface area contributed by atoms with Gasteiger partial charge in [-0.15, -0.1) is 0 Å². The van der Waals surface area contributed by atoms with Crippen molar-refractivity contribution in [2.24, 2.45) is 0 Å². The van der Waals surface area contributed by atoms with E-state index in [9.17, 15) is 4.79 Å². The first-order chi connectivity index (χ1) is 30.7. The molecule has 0 heterocycles. The third-order valence-corrected chi connectivity index (χ3v) is 11.9. The number of hydrogen-bond donors (Lipinski definition) is 0. The molecule has 8 aromatic carbocycles. The summed E-state index contributed by atoms with van der Waals surface area (Å²) in [5.41, 5.74) is 10.1. The summed E-state index contributed by atoms with van der Waals surface area (Å²) in [6.45, 7) is 17.2. The smallest absolute Gasteiger partial charge is 0.193 e. The van der Waals surface area contributed by atoms with Crippen LogP contribution in [0.3, 0.4) is 0 Å². The van der Waals surface area contributed by atoms with E-state index in [0.29, 0.717) is 22.6 Å². The predicted molar refractivity (Wildman–Crippen MR) is 258 cm³/mol. The lowest BCUT2D eigenvalue weighted by molar-refractivity contribution is 0.103. The molecule has 0 bridgehead atoms. The minimum atomic E-state index is -0.236. The molecule has 0 saturated heterocycles. The van der Waals surface area contributed by atoms with Crippen LogP contribution in [0.4, 0.5) is 0 Å². The van der Waals surface area contributed by atoms with Crippen molar-refractivity contribution in [2.75, 3.05) is 0 Å². The number of hydrogen-bond acceptors (Lipinski definition) is 5. The van der Waals surface area contributed by atoms with Gasteiger partial charge in [0.1, 0.15) is 46.0 Å². The van der Waals surface area contributed by atoms with Gasteiger partial charge in [-0.3, -0.25) is 4.79 Å². The van der Waals surface area contributed by atoms with E-state index < -0.39 is 0 Å². The van der Waals surface area contributed by atoms with Gasteiger partial charge in [0.15, 0.2) is 5.78 Å². The lowest BCUT2D eigenvalue weighted by atomic mass is 9.78. The van der Waals surface area contributed by atoms with Crippen LogP contribution < -0.4 is 18.9 Å². The van der Waals surface area contributed by atoms with Crippen LogP contribution in [0.1, 0.15) is 88.1 Å². The van der Waals surface area contributed by atoms with Gasteiger partial charge in [-0.25, -0.2) is 0 Å². The summed E-state index contributed by atoms with van der Waals surface area (Å²) in [5.74, 6) is 5.96. The molecule has 0 unspecified atom stereocenters. The van der Waals surface area contributed by atoms with Crippen molar-refractivity contribution in [3.05, 3.63) is 238 Å². The Balaban J connectivity index is 0.835. The zero-order valence-corrected chi connectivity index (χ0v) is 37.9. The molecule has 0 spiro atoms. The van der Waals surface area contributed by atoms with Crippen molar-refractivity contribution in [1.29, 1.82) is 0 Å². The molecule has 8 aromatic rings. The Morgan fingerprint density at radius 1 is 0.297 bits per heavy atom. The second-order valence-electron chi connectivity index (χ2n) is 17.8. The van der Waals surface area contributed by atoms with Gasteiger partial charge >= 0.3 is 0 Å². The van der Waals surface area contributed by atoms with E-state index in [-0.39, 0.29) is 16.6 Å². The molecule has 0 atom stereocenters. The highest BCUT2D eigenvalue weighted by Crippen LogP contribution is 2.37. The maximum Gasteiger partial charge on any atom is 0.193 e. The summed E-state index contributed by atoms with van der Waals surface area (Å²) in [6, 6.07) is 59.9. The molecule has 0 aromatic heterocycles. The lowest BCUT2D eigenvalue weighted by Gasteiger charge is -2.26. The lowest BCUT2D eigenvalue weighted by Crippen LogP contribution is -2.18. The second kappa shape index (κ2) is 18.2. The molecule has 0 N–H and O–H groups in total. The minimum Gasteiger partial charge on any atom is -0.457 e. The zero-order valence-electron chi connectivity index (χ0n) is 37.9. The summed E-state index contributed by atoms with van der Waals surface area (Å²) in [5, 5.41) is 0. The zero-order chi connectivity index (χ0) is 45.0. The molecule has 0 aliphatic heterocycles. The monoisotopic (exact) mass is 842 g/mol. The molecule has 0 amide bonds. The maximum atomic E-state index is 13.4. The van der Waals surface area contributed by atoms with Crippen LogP contribution in [0.25, 0.3) is 0 Å². The molecule has 0 fully saturated rings. The molecule has 5 nitrogen and oxygen atoms in total. The van der Waals surface area contributed by atoms with E-state index in [4.69, 9.17) is 18.9 Å². The first kappa shape index (κ1) is 43.3. The second-order valence-corrected chi connectivity index (χ2v) is 17.8. The molecule has 320 valence electrons. The summed E-state index contributed by atoms with van der Waals surface area (Å²) in [7, 11) is 0. The van der Waals surface area contributed by atoms with Crippen molar-refractivity contribution < 1.29 is 23.7 Å². The molecule has 64 heavy (non-hydrogen) atoms. The van der Waals surface area contributed by atoms with Crippen LogP contribution in [0.5, 0.6) is 46.0 Å². The van der Waals surface area contributed by atoms with E-state index in [1.54, 1.807) is 24.3 Å². The van der Waals surface area contributed by atoms with Gasteiger partial charge in [0.05, 0.1) is 0 Å². The van der Waals surface area contributed by atoms with Gasteiger partial charge in [0, 0.05) is 22.0 Å². The Hall–Kier alpha value is -7.37. The van der Waals surface area contributed by atoms with Gasteiger partial charge in [-0.1, -0.05) is 88.4 Å². The van der Waals surface area contributed by atoms with Gasteiger partial charge in [0.25, 0.3) is 0 Å². The van der Waals surface area contributed by atoms with Crippen molar-refractivity contribution in [2.45, 2.75) is 66.2 Å². The van der Waals surface area contributed by atoms with Gasteiger partial charge in [-0.05, 0) is 194 Å². The molecule has 0 saturated carbocycles. The van der Waals surface area contributed by atoms with Crippen LogP contribution in [-0.4, -0.2) is 5.78 Å². The topological polar surface area (TPSA) is 54.0 Å². The number of benzene rings is 8. The van der Waals surface area contributed by atoms with Gasteiger partial charge in [0.2, 0.25) is 0 Å². The molecule has 0 aliphatic carbocycles. The number of carbonyl (C=O) groups excluding carboxylic acids is 1. The number of rotatable bonds is 14. The third kappa shape index (κ3) is 10.1. The Morgan fingerprint density at radius 3 is 0.734 bits per heavy atom. The highest BCUT2D eigenvalue weighted by atomic mass is 16.5. The van der Waals surface area contributed by atoms with E-state index >= 15 is 0 Å². The van der Waals surface area contributed by atoms with E-state index in [1.807, 2.05) is 97.1 Å². The maximum absolute atomic E-state index is 13.4. The van der Waals surface area contributed by atoms with Gasteiger partial charge < -0.3 is 18.9 Å². The van der Waals surface area contributed by atoms with Crippen LogP contribution >= 0.6 is 0 Å². The summed E-state index contributed by atoms with van der Waals surface area (Å²) in [4.78, 5) is 13.4. The number of carbonyl (C=O) groups is 1. The average Bonchev–Trinajstić information content (AvgIpc) is 3.27.